The van der Waals surface area contributed by atoms with Crippen LogP contribution in [0, 0.1) is 0 Å². The van der Waals surface area contributed by atoms with Crippen LogP contribution in [0.25, 0.3) is 0 Å². The maximum absolute atomic E-state index is 11.9. The van der Waals surface area contributed by atoms with Crippen molar-refractivity contribution < 1.29 is 19.1 Å². The van der Waals surface area contributed by atoms with Gasteiger partial charge >= 0.3 is 0 Å². The number of rotatable bonds is 13. The second kappa shape index (κ2) is 14.3. The summed E-state index contributed by atoms with van der Waals surface area (Å²) in [6, 6.07) is 14.9. The van der Waals surface area contributed by atoms with E-state index in [9.17, 15) is 9.59 Å². The van der Waals surface area contributed by atoms with E-state index < -0.39 is 0 Å². The molecule has 8 nitrogen and oxygen atoms in total. The van der Waals surface area contributed by atoms with Gasteiger partial charge in [0.15, 0.2) is 0 Å². The second-order valence-electron chi connectivity index (χ2n) is 6.74. The molecule has 2 aromatic rings. The molecule has 170 valence electrons. The number of nitrogens with one attached hydrogen (secondary N) is 2. The molecule has 0 atom stereocenters. The second-order valence-corrected chi connectivity index (χ2v) is 6.74. The predicted molar refractivity (Wildman–Crippen MR) is 125 cm³/mol. The van der Waals surface area contributed by atoms with Gasteiger partial charge in [-0.05, 0) is 51.0 Å². The number of ether oxygens (including phenoxy) is 2. The number of hydrogen-bond donors (Lipinski definition) is 2. The highest BCUT2D eigenvalue weighted by molar-refractivity contribution is 5.86. The molecular weight excluding hydrogens is 408 g/mol. The van der Waals surface area contributed by atoms with E-state index in [1.807, 2.05) is 62.4 Å². The Labute approximate surface area is 188 Å². The molecule has 0 bridgehead atoms. The Balaban J connectivity index is 1.65. The molecule has 0 aliphatic heterocycles. The smallest absolute Gasteiger partial charge is 0.240 e. The van der Waals surface area contributed by atoms with E-state index in [0.29, 0.717) is 37.6 Å². The van der Waals surface area contributed by atoms with Crippen LogP contribution in [-0.2, 0) is 9.59 Å². The standard InChI is InChI=1S/C24H30N4O4/c1-3-31-21-13-7-5-11-19(21)17-25-27-23(29)15-9-10-16-24(30)28-26-18-20-12-6-8-14-22(20)32-4-2/h5-8,11-14,17-18H,3-4,9-10,15-16H2,1-2H3,(H,27,29)(H,28,30). The van der Waals surface area contributed by atoms with Gasteiger partial charge in [0.2, 0.25) is 11.8 Å². The summed E-state index contributed by atoms with van der Waals surface area (Å²) < 4.78 is 11.0. The highest BCUT2D eigenvalue weighted by Gasteiger charge is 2.04. The number of unbranched alkanes of at least 4 members (excludes halogenated alkanes) is 1. The summed E-state index contributed by atoms with van der Waals surface area (Å²) in [5.74, 6) is 1.01. The fourth-order valence-corrected chi connectivity index (χ4v) is 2.78. The maximum atomic E-state index is 11.9. The third-order valence-corrected chi connectivity index (χ3v) is 4.28. The van der Waals surface area contributed by atoms with E-state index >= 15 is 0 Å². The van der Waals surface area contributed by atoms with Crippen LogP contribution in [-0.4, -0.2) is 37.5 Å². The lowest BCUT2D eigenvalue weighted by molar-refractivity contribution is -0.123. The first-order chi connectivity index (χ1) is 15.6. The average Bonchev–Trinajstić information content (AvgIpc) is 2.79. The van der Waals surface area contributed by atoms with Crippen LogP contribution in [0.3, 0.4) is 0 Å². The van der Waals surface area contributed by atoms with Gasteiger partial charge in [0, 0.05) is 24.0 Å². The maximum Gasteiger partial charge on any atom is 0.240 e. The minimum absolute atomic E-state index is 0.207. The number of para-hydroxylation sites is 2. The molecule has 0 saturated heterocycles. The highest BCUT2D eigenvalue weighted by atomic mass is 16.5. The summed E-state index contributed by atoms with van der Waals surface area (Å²) in [5.41, 5.74) is 6.57. The first kappa shape index (κ1) is 24.6. The van der Waals surface area contributed by atoms with Crippen molar-refractivity contribution in [2.75, 3.05) is 13.2 Å². The molecule has 2 amide bonds. The van der Waals surface area contributed by atoms with Crippen LogP contribution < -0.4 is 20.3 Å². The quantitative estimate of drug-likeness (QED) is 0.283. The van der Waals surface area contributed by atoms with E-state index in [2.05, 4.69) is 21.1 Å². The topological polar surface area (TPSA) is 101 Å². The molecule has 32 heavy (non-hydrogen) atoms. The van der Waals surface area contributed by atoms with E-state index in [-0.39, 0.29) is 24.7 Å². The van der Waals surface area contributed by atoms with Gasteiger partial charge in [0.1, 0.15) is 11.5 Å². The molecule has 2 N–H and O–H groups in total. The van der Waals surface area contributed by atoms with Gasteiger partial charge in [-0.25, -0.2) is 10.9 Å². The Hall–Kier alpha value is -3.68. The van der Waals surface area contributed by atoms with Crippen LogP contribution in [0.2, 0.25) is 0 Å². The fraction of sp³-hybridized carbons (Fsp3) is 0.333. The summed E-state index contributed by atoms with van der Waals surface area (Å²) in [7, 11) is 0. The highest BCUT2D eigenvalue weighted by Crippen LogP contribution is 2.16. The van der Waals surface area contributed by atoms with Gasteiger partial charge in [-0.1, -0.05) is 24.3 Å². The van der Waals surface area contributed by atoms with Crippen molar-refractivity contribution in [3.8, 4) is 11.5 Å². The Morgan fingerprint density at radius 2 is 1.16 bits per heavy atom. The van der Waals surface area contributed by atoms with Gasteiger partial charge in [-0.3, -0.25) is 9.59 Å². The van der Waals surface area contributed by atoms with Gasteiger partial charge < -0.3 is 9.47 Å². The molecule has 0 fully saturated rings. The van der Waals surface area contributed by atoms with E-state index in [4.69, 9.17) is 9.47 Å². The van der Waals surface area contributed by atoms with Crippen LogP contribution in [0.4, 0.5) is 0 Å². The number of amides is 2. The molecule has 0 spiro atoms. The monoisotopic (exact) mass is 438 g/mol. The number of carbonyl (C=O) groups excluding carboxylic acids is 2. The molecule has 8 heteroatoms. The predicted octanol–water partition coefficient (Wildman–Crippen LogP) is 3.64. The molecule has 0 unspecified atom stereocenters. The SMILES string of the molecule is CCOc1ccccc1C=NNC(=O)CCCCC(=O)NN=Cc1ccccc1OCC. The number of nitrogens with zero attached hydrogens (tertiary/aromatic N) is 2. The van der Waals surface area contributed by atoms with E-state index in [0.717, 1.165) is 11.1 Å². The molecule has 0 radical (unpaired) electrons. The lowest BCUT2D eigenvalue weighted by Crippen LogP contribution is -2.19. The van der Waals surface area contributed by atoms with Crippen molar-refractivity contribution in [1.82, 2.24) is 10.9 Å². The number of hydrogen-bond acceptors (Lipinski definition) is 6. The molecule has 2 aromatic carbocycles. The van der Waals surface area contributed by atoms with Gasteiger partial charge in [-0.15, -0.1) is 0 Å². The van der Waals surface area contributed by atoms with Gasteiger partial charge in [0.05, 0.1) is 25.6 Å². The molecule has 0 heterocycles. The first-order valence-corrected chi connectivity index (χ1v) is 10.7. The van der Waals surface area contributed by atoms with Crippen molar-refractivity contribution in [3.63, 3.8) is 0 Å². The molecule has 2 rings (SSSR count). The average molecular weight is 439 g/mol. The molecule has 0 aliphatic rings. The molecule has 0 saturated carbocycles. The van der Waals surface area contributed by atoms with Crippen LogP contribution in [0.5, 0.6) is 11.5 Å². The summed E-state index contributed by atoms with van der Waals surface area (Å²) >= 11 is 0. The molecule has 0 aliphatic carbocycles. The van der Waals surface area contributed by atoms with Gasteiger partial charge in [0.25, 0.3) is 0 Å². The number of hydrazone groups is 2. The van der Waals surface area contributed by atoms with Crippen molar-refractivity contribution >= 4 is 24.2 Å². The number of carbonyl (C=O) groups is 2. The summed E-state index contributed by atoms with van der Waals surface area (Å²) in [4.78, 5) is 23.8. The summed E-state index contributed by atoms with van der Waals surface area (Å²) in [5, 5.41) is 7.95. The minimum atomic E-state index is -0.207. The fourth-order valence-electron chi connectivity index (χ4n) is 2.78. The zero-order valence-corrected chi connectivity index (χ0v) is 18.5. The largest absolute Gasteiger partial charge is 0.493 e. The Morgan fingerprint density at radius 1 is 0.750 bits per heavy atom. The third kappa shape index (κ3) is 8.99. The zero-order valence-electron chi connectivity index (χ0n) is 18.5. The van der Waals surface area contributed by atoms with Crippen molar-refractivity contribution in [2.24, 2.45) is 10.2 Å². The minimum Gasteiger partial charge on any atom is -0.493 e. The van der Waals surface area contributed by atoms with Crippen LogP contribution in [0.1, 0.15) is 50.7 Å². The Morgan fingerprint density at radius 3 is 1.56 bits per heavy atom. The zero-order chi connectivity index (χ0) is 23.0. The molecular formula is C24H30N4O4. The first-order valence-electron chi connectivity index (χ1n) is 10.7. The van der Waals surface area contributed by atoms with Crippen molar-refractivity contribution in [1.29, 1.82) is 0 Å². The van der Waals surface area contributed by atoms with Crippen molar-refractivity contribution in [2.45, 2.75) is 39.5 Å². The lowest BCUT2D eigenvalue weighted by atomic mass is 10.2. The Kier molecular flexibility index (Phi) is 11.0. The van der Waals surface area contributed by atoms with E-state index in [1.54, 1.807) is 12.4 Å². The number of benzene rings is 2. The Bertz CT molecular complexity index is 852. The van der Waals surface area contributed by atoms with Crippen molar-refractivity contribution in [3.05, 3.63) is 59.7 Å². The third-order valence-electron chi connectivity index (χ3n) is 4.28. The van der Waals surface area contributed by atoms with E-state index in [1.165, 1.54) is 0 Å². The van der Waals surface area contributed by atoms with Crippen LogP contribution >= 0.6 is 0 Å². The van der Waals surface area contributed by atoms with Crippen LogP contribution in [0.15, 0.2) is 58.7 Å². The molecule has 0 aromatic heterocycles. The lowest BCUT2D eigenvalue weighted by Gasteiger charge is -2.06. The van der Waals surface area contributed by atoms with Gasteiger partial charge in [-0.2, -0.15) is 10.2 Å². The summed E-state index contributed by atoms with van der Waals surface area (Å²) in [6.07, 6.45) is 4.81. The summed E-state index contributed by atoms with van der Waals surface area (Å²) in [6.45, 7) is 4.92. The normalized spacial score (nSPS) is 10.9.